The molecule has 154 valence electrons. The van der Waals surface area contributed by atoms with Crippen molar-refractivity contribution in [3.05, 3.63) is 41.5 Å². The Morgan fingerprint density at radius 1 is 1.32 bits per heavy atom. The van der Waals surface area contributed by atoms with E-state index in [-0.39, 0.29) is 11.7 Å². The molecular weight excluding hydrogens is 387 g/mol. The van der Waals surface area contributed by atoms with Crippen LogP contribution in [0, 0.1) is 12.7 Å². The number of carbonyl (C=O) groups excluding carboxylic acids is 1. The Morgan fingerprint density at radius 2 is 2.00 bits per heavy atom. The highest BCUT2D eigenvalue weighted by Gasteiger charge is 2.24. The molecule has 0 spiro atoms. The molecule has 0 radical (unpaired) electrons. The smallest absolute Gasteiger partial charge is 0.245 e. The SMILES string of the molecule is CCN(CCCNC(=O)C(Cc1ccc(F)cc1)n1nnnc1C)S(C)(=O)=O. The molecule has 1 aromatic carbocycles. The fraction of sp³-hybridized carbons (Fsp3) is 0.529. The first-order chi connectivity index (χ1) is 13.2. The number of nitrogens with zero attached hydrogens (tertiary/aromatic N) is 5. The Hall–Kier alpha value is -2.40. The van der Waals surface area contributed by atoms with Crippen molar-refractivity contribution >= 4 is 15.9 Å². The first-order valence-corrected chi connectivity index (χ1v) is 10.8. The van der Waals surface area contributed by atoms with Gasteiger partial charge in [-0.3, -0.25) is 4.79 Å². The average molecular weight is 412 g/mol. The predicted octanol–water partition coefficient (Wildman–Crippen LogP) is 0.692. The highest BCUT2D eigenvalue weighted by atomic mass is 32.2. The van der Waals surface area contributed by atoms with Crippen LogP contribution in [-0.4, -0.2) is 64.7 Å². The van der Waals surface area contributed by atoms with Gasteiger partial charge in [0.15, 0.2) is 0 Å². The van der Waals surface area contributed by atoms with Crippen LogP contribution in [-0.2, 0) is 21.2 Å². The first kappa shape index (κ1) is 21.9. The molecule has 1 atom stereocenters. The second kappa shape index (κ2) is 9.69. The first-order valence-electron chi connectivity index (χ1n) is 8.94. The Labute approximate surface area is 164 Å². The molecule has 0 aliphatic carbocycles. The maximum atomic E-state index is 13.1. The number of hydrogen-bond donors (Lipinski definition) is 1. The number of tetrazole rings is 1. The monoisotopic (exact) mass is 412 g/mol. The molecule has 0 fully saturated rings. The number of aromatic nitrogens is 4. The zero-order valence-corrected chi connectivity index (χ0v) is 17.0. The van der Waals surface area contributed by atoms with Gasteiger partial charge in [-0.1, -0.05) is 19.1 Å². The van der Waals surface area contributed by atoms with Crippen LogP contribution in [0.3, 0.4) is 0 Å². The second-order valence-corrected chi connectivity index (χ2v) is 8.40. The standard InChI is InChI=1S/C17H25FN6O3S/c1-4-23(28(3,26)27)11-5-10-19-17(25)16(24-13(2)20-21-22-24)12-14-6-8-15(18)9-7-14/h6-9,16H,4-5,10-12H2,1-3H3,(H,19,25). The second-order valence-electron chi connectivity index (χ2n) is 6.42. The summed E-state index contributed by atoms with van der Waals surface area (Å²) in [6, 6.07) is 5.20. The fourth-order valence-electron chi connectivity index (χ4n) is 2.80. The van der Waals surface area contributed by atoms with Crippen LogP contribution >= 0.6 is 0 Å². The molecule has 0 aliphatic heterocycles. The summed E-state index contributed by atoms with van der Waals surface area (Å²) in [6.45, 7) is 4.47. The van der Waals surface area contributed by atoms with Crippen LogP contribution in [0.2, 0.25) is 0 Å². The van der Waals surface area contributed by atoms with E-state index in [0.29, 0.717) is 38.3 Å². The van der Waals surface area contributed by atoms with Gasteiger partial charge in [-0.15, -0.1) is 5.10 Å². The lowest BCUT2D eigenvalue weighted by Gasteiger charge is -2.19. The Kier molecular flexibility index (Phi) is 7.58. The van der Waals surface area contributed by atoms with Crippen molar-refractivity contribution in [3.63, 3.8) is 0 Å². The normalized spacial score (nSPS) is 12.9. The summed E-state index contributed by atoms with van der Waals surface area (Å²) in [4.78, 5) is 12.7. The minimum absolute atomic E-state index is 0.290. The van der Waals surface area contributed by atoms with Crippen molar-refractivity contribution in [2.75, 3.05) is 25.9 Å². The van der Waals surface area contributed by atoms with E-state index in [2.05, 4.69) is 20.8 Å². The molecule has 1 heterocycles. The van der Waals surface area contributed by atoms with Crippen molar-refractivity contribution in [2.24, 2.45) is 0 Å². The molecule has 1 N–H and O–H groups in total. The summed E-state index contributed by atoms with van der Waals surface area (Å²) in [5, 5.41) is 14.1. The van der Waals surface area contributed by atoms with Crippen molar-refractivity contribution in [1.29, 1.82) is 0 Å². The van der Waals surface area contributed by atoms with Crippen LogP contribution in [0.4, 0.5) is 4.39 Å². The Bertz CT molecular complexity index is 885. The van der Waals surface area contributed by atoms with E-state index in [0.717, 1.165) is 11.8 Å². The van der Waals surface area contributed by atoms with Gasteiger partial charge in [0.2, 0.25) is 15.9 Å². The molecule has 1 unspecified atom stereocenters. The van der Waals surface area contributed by atoms with Crippen LogP contribution in [0.25, 0.3) is 0 Å². The molecule has 1 amide bonds. The maximum Gasteiger partial charge on any atom is 0.245 e. The molecule has 28 heavy (non-hydrogen) atoms. The molecule has 0 bridgehead atoms. The number of aryl methyl sites for hydroxylation is 1. The van der Waals surface area contributed by atoms with Gasteiger partial charge in [-0.05, 0) is 41.5 Å². The number of nitrogens with one attached hydrogen (secondary N) is 1. The summed E-state index contributed by atoms with van der Waals surface area (Å²) in [6.07, 6.45) is 1.93. The summed E-state index contributed by atoms with van der Waals surface area (Å²) >= 11 is 0. The number of rotatable bonds is 10. The maximum absolute atomic E-state index is 13.1. The van der Waals surface area contributed by atoms with Crippen LogP contribution in [0.1, 0.15) is 30.8 Å². The highest BCUT2D eigenvalue weighted by Crippen LogP contribution is 2.15. The van der Waals surface area contributed by atoms with Gasteiger partial charge in [0, 0.05) is 26.1 Å². The van der Waals surface area contributed by atoms with Gasteiger partial charge < -0.3 is 5.32 Å². The molecule has 2 rings (SSSR count). The average Bonchev–Trinajstić information content (AvgIpc) is 3.05. The van der Waals surface area contributed by atoms with Crippen LogP contribution in [0.5, 0.6) is 0 Å². The summed E-state index contributed by atoms with van der Waals surface area (Å²) in [7, 11) is -3.26. The Balaban J connectivity index is 2.01. The molecular formula is C17H25FN6O3S. The van der Waals surface area contributed by atoms with Gasteiger partial charge in [0.25, 0.3) is 0 Å². The third kappa shape index (κ3) is 6.06. The molecule has 0 saturated heterocycles. The van der Waals surface area contributed by atoms with Crippen LogP contribution < -0.4 is 5.32 Å². The van der Waals surface area contributed by atoms with Crippen molar-refractivity contribution in [2.45, 2.75) is 32.7 Å². The number of carbonyl (C=O) groups is 1. The molecule has 0 aliphatic rings. The number of benzene rings is 1. The largest absolute Gasteiger partial charge is 0.354 e. The molecule has 2 aromatic rings. The molecule has 9 nitrogen and oxygen atoms in total. The van der Waals surface area contributed by atoms with Gasteiger partial charge in [-0.25, -0.2) is 21.8 Å². The van der Waals surface area contributed by atoms with Gasteiger partial charge in [0.1, 0.15) is 17.7 Å². The van der Waals surface area contributed by atoms with Gasteiger partial charge in [-0.2, -0.15) is 0 Å². The van der Waals surface area contributed by atoms with E-state index in [1.165, 1.54) is 21.1 Å². The minimum Gasteiger partial charge on any atom is -0.354 e. The topological polar surface area (TPSA) is 110 Å². The van der Waals surface area contributed by atoms with Gasteiger partial charge >= 0.3 is 0 Å². The van der Waals surface area contributed by atoms with Crippen molar-refractivity contribution < 1.29 is 17.6 Å². The summed E-state index contributed by atoms with van der Waals surface area (Å²) in [5.74, 6) is -0.159. The number of amides is 1. The number of sulfonamides is 1. The van der Waals surface area contributed by atoms with E-state index >= 15 is 0 Å². The third-order valence-electron chi connectivity index (χ3n) is 4.30. The summed E-state index contributed by atoms with van der Waals surface area (Å²) < 4.78 is 39.1. The van der Waals surface area contributed by atoms with E-state index < -0.39 is 16.1 Å². The lowest BCUT2D eigenvalue weighted by molar-refractivity contribution is -0.124. The lowest BCUT2D eigenvalue weighted by atomic mass is 10.1. The number of halogens is 1. The number of hydrogen-bond acceptors (Lipinski definition) is 6. The predicted molar refractivity (Wildman–Crippen MR) is 101 cm³/mol. The molecule has 11 heteroatoms. The van der Waals surface area contributed by atoms with Crippen molar-refractivity contribution in [3.8, 4) is 0 Å². The van der Waals surface area contributed by atoms with E-state index in [1.807, 2.05) is 0 Å². The van der Waals surface area contributed by atoms with E-state index in [4.69, 9.17) is 0 Å². The minimum atomic E-state index is -3.26. The van der Waals surface area contributed by atoms with Crippen molar-refractivity contribution in [1.82, 2.24) is 29.8 Å². The quantitative estimate of drug-likeness (QED) is 0.575. The fourth-order valence-corrected chi connectivity index (χ4v) is 3.73. The molecule has 1 aromatic heterocycles. The highest BCUT2D eigenvalue weighted by molar-refractivity contribution is 7.88. The third-order valence-corrected chi connectivity index (χ3v) is 5.68. The zero-order chi connectivity index (χ0) is 20.7. The Morgan fingerprint density at radius 3 is 2.54 bits per heavy atom. The van der Waals surface area contributed by atoms with Gasteiger partial charge in [0.05, 0.1) is 6.26 Å². The zero-order valence-electron chi connectivity index (χ0n) is 16.2. The summed E-state index contributed by atoms with van der Waals surface area (Å²) in [5.41, 5.74) is 0.769. The lowest BCUT2D eigenvalue weighted by Crippen LogP contribution is -2.37. The molecule has 0 saturated carbocycles. The van der Waals surface area contributed by atoms with E-state index in [9.17, 15) is 17.6 Å². The van der Waals surface area contributed by atoms with E-state index in [1.54, 1.807) is 26.0 Å². The van der Waals surface area contributed by atoms with Crippen LogP contribution in [0.15, 0.2) is 24.3 Å².